The number of halogens is 2. The van der Waals surface area contributed by atoms with Crippen molar-refractivity contribution in [2.75, 3.05) is 10.0 Å². The van der Waals surface area contributed by atoms with E-state index in [-0.39, 0.29) is 21.5 Å². The highest BCUT2D eigenvalue weighted by Crippen LogP contribution is 2.29. The Labute approximate surface area is 213 Å². The van der Waals surface area contributed by atoms with Gasteiger partial charge in [-0.05, 0) is 60.3 Å². The summed E-state index contributed by atoms with van der Waals surface area (Å²) in [5.74, 6) is 0.292. The molecule has 0 aliphatic rings. The molecule has 0 bridgehead atoms. The number of carbonyl (C=O) groups is 1. The summed E-state index contributed by atoms with van der Waals surface area (Å²) in [6.07, 6.45) is -0.272. The Morgan fingerprint density at radius 1 is 0.943 bits per heavy atom. The second kappa shape index (κ2) is 10.6. The van der Waals surface area contributed by atoms with Gasteiger partial charge in [0, 0.05) is 16.1 Å². The van der Waals surface area contributed by atoms with Crippen LogP contribution >= 0.6 is 23.2 Å². The largest absolute Gasteiger partial charge is 0.480 e. The van der Waals surface area contributed by atoms with Gasteiger partial charge in [-0.1, -0.05) is 66.5 Å². The van der Waals surface area contributed by atoms with Crippen molar-refractivity contribution in [1.29, 1.82) is 0 Å². The Morgan fingerprint density at radius 3 is 2.37 bits per heavy atom. The van der Waals surface area contributed by atoms with Crippen molar-refractivity contribution in [2.45, 2.75) is 24.3 Å². The first-order valence-corrected chi connectivity index (χ1v) is 13.0. The zero-order valence-corrected chi connectivity index (χ0v) is 21.0. The number of carbonyl (C=O) groups excluding carboxylic acids is 1. The summed E-state index contributed by atoms with van der Waals surface area (Å²) in [6.45, 7) is 1.86. The average Bonchev–Trinajstić information content (AvgIpc) is 2.84. The summed E-state index contributed by atoms with van der Waals surface area (Å²) < 4.78 is 33.9. The van der Waals surface area contributed by atoms with Crippen LogP contribution in [0.2, 0.25) is 10.0 Å². The Balaban J connectivity index is 1.45. The molecule has 180 valence electrons. The summed E-state index contributed by atoms with van der Waals surface area (Å²) in [5, 5.41) is 5.31. The maximum Gasteiger partial charge on any atom is 0.265 e. The lowest BCUT2D eigenvalue weighted by Gasteiger charge is -2.18. The maximum atomic E-state index is 12.9. The van der Waals surface area contributed by atoms with Crippen LogP contribution in [-0.4, -0.2) is 20.4 Å². The van der Waals surface area contributed by atoms with Gasteiger partial charge in [0.25, 0.3) is 15.9 Å². The number of hydrogen-bond acceptors (Lipinski definition) is 4. The molecule has 0 aromatic heterocycles. The summed E-state index contributed by atoms with van der Waals surface area (Å²) in [6, 6.07) is 23.8. The third-order valence-electron chi connectivity index (χ3n) is 5.29. The van der Waals surface area contributed by atoms with Crippen LogP contribution < -0.4 is 14.8 Å². The van der Waals surface area contributed by atoms with Gasteiger partial charge in [0.2, 0.25) is 0 Å². The predicted molar refractivity (Wildman–Crippen MR) is 141 cm³/mol. The van der Waals surface area contributed by atoms with Crippen LogP contribution in [0.15, 0.2) is 89.8 Å². The highest BCUT2D eigenvalue weighted by molar-refractivity contribution is 7.92. The molecule has 0 saturated heterocycles. The molecule has 1 atom stereocenters. The SMILES string of the molecule is CC[C@@H](Oc1cccc2ccccc12)C(=O)Nc1ccc(S(=O)(=O)Nc2ccc(Cl)cc2Cl)cc1. The molecule has 2 N–H and O–H groups in total. The van der Waals surface area contributed by atoms with Crippen LogP contribution in [0.25, 0.3) is 10.8 Å². The van der Waals surface area contributed by atoms with Gasteiger partial charge in [-0.15, -0.1) is 0 Å². The van der Waals surface area contributed by atoms with E-state index in [1.807, 2.05) is 49.4 Å². The van der Waals surface area contributed by atoms with E-state index in [0.717, 1.165) is 10.8 Å². The number of amides is 1. The zero-order chi connectivity index (χ0) is 25.0. The van der Waals surface area contributed by atoms with Gasteiger partial charge in [0.05, 0.1) is 15.6 Å². The summed E-state index contributed by atoms with van der Waals surface area (Å²) in [4.78, 5) is 12.9. The number of ether oxygens (including phenoxy) is 1. The molecule has 0 spiro atoms. The summed E-state index contributed by atoms with van der Waals surface area (Å²) in [7, 11) is -3.89. The number of nitrogens with one attached hydrogen (secondary N) is 2. The minimum Gasteiger partial charge on any atom is -0.480 e. The van der Waals surface area contributed by atoms with E-state index in [9.17, 15) is 13.2 Å². The van der Waals surface area contributed by atoms with Crippen LogP contribution in [-0.2, 0) is 14.8 Å². The fourth-order valence-corrected chi connectivity index (χ4v) is 5.08. The van der Waals surface area contributed by atoms with Crippen molar-refractivity contribution in [3.05, 3.63) is 95.0 Å². The van der Waals surface area contributed by atoms with E-state index >= 15 is 0 Å². The molecule has 1 amide bonds. The highest BCUT2D eigenvalue weighted by Gasteiger charge is 2.21. The van der Waals surface area contributed by atoms with E-state index in [0.29, 0.717) is 22.9 Å². The Kier molecular flexibility index (Phi) is 7.50. The van der Waals surface area contributed by atoms with Crippen LogP contribution in [0.3, 0.4) is 0 Å². The first-order valence-electron chi connectivity index (χ1n) is 10.8. The molecule has 4 rings (SSSR count). The number of benzene rings is 4. The monoisotopic (exact) mass is 528 g/mol. The molecule has 0 fully saturated rings. The van der Waals surface area contributed by atoms with Gasteiger partial charge in [-0.25, -0.2) is 8.42 Å². The molecule has 0 unspecified atom stereocenters. The van der Waals surface area contributed by atoms with Crippen LogP contribution in [0.5, 0.6) is 5.75 Å². The van der Waals surface area contributed by atoms with Gasteiger partial charge in [-0.2, -0.15) is 0 Å². The van der Waals surface area contributed by atoms with Crippen molar-refractivity contribution >= 4 is 61.3 Å². The van der Waals surface area contributed by atoms with Crippen molar-refractivity contribution < 1.29 is 17.9 Å². The van der Waals surface area contributed by atoms with Gasteiger partial charge < -0.3 is 10.1 Å². The lowest BCUT2D eigenvalue weighted by Crippen LogP contribution is -2.32. The zero-order valence-electron chi connectivity index (χ0n) is 18.7. The fraction of sp³-hybridized carbons (Fsp3) is 0.115. The van der Waals surface area contributed by atoms with E-state index in [1.165, 1.54) is 42.5 Å². The Hall–Kier alpha value is -3.26. The molecule has 0 aliphatic heterocycles. The topological polar surface area (TPSA) is 84.5 Å². The predicted octanol–water partition coefficient (Wildman–Crippen LogP) is 6.74. The molecule has 0 saturated carbocycles. The highest BCUT2D eigenvalue weighted by atomic mass is 35.5. The molecule has 0 aliphatic carbocycles. The van der Waals surface area contributed by atoms with Crippen molar-refractivity contribution in [1.82, 2.24) is 0 Å². The molecular weight excluding hydrogens is 507 g/mol. The Morgan fingerprint density at radius 2 is 1.66 bits per heavy atom. The molecule has 0 heterocycles. The molecule has 4 aromatic rings. The second-order valence-corrected chi connectivity index (χ2v) is 10.3. The summed E-state index contributed by atoms with van der Waals surface area (Å²) in [5.41, 5.74) is 0.656. The van der Waals surface area contributed by atoms with E-state index in [2.05, 4.69) is 10.0 Å². The number of sulfonamides is 1. The smallest absolute Gasteiger partial charge is 0.265 e. The molecule has 0 radical (unpaired) electrons. The molecule has 4 aromatic carbocycles. The lowest BCUT2D eigenvalue weighted by atomic mass is 10.1. The summed E-state index contributed by atoms with van der Waals surface area (Å²) >= 11 is 11.9. The number of hydrogen-bond donors (Lipinski definition) is 2. The van der Waals surface area contributed by atoms with Gasteiger partial charge in [-0.3, -0.25) is 9.52 Å². The number of rotatable bonds is 8. The van der Waals surface area contributed by atoms with Crippen molar-refractivity contribution in [3.8, 4) is 5.75 Å². The molecule has 6 nitrogen and oxygen atoms in total. The quantitative estimate of drug-likeness (QED) is 0.265. The van der Waals surface area contributed by atoms with Crippen LogP contribution in [0.1, 0.15) is 13.3 Å². The fourth-order valence-electron chi connectivity index (χ4n) is 3.49. The normalized spacial score (nSPS) is 12.2. The van der Waals surface area contributed by atoms with Crippen LogP contribution in [0, 0.1) is 0 Å². The van der Waals surface area contributed by atoms with Gasteiger partial charge >= 0.3 is 0 Å². The van der Waals surface area contributed by atoms with Crippen LogP contribution in [0.4, 0.5) is 11.4 Å². The number of anilines is 2. The molecule has 9 heteroatoms. The standard InChI is InChI=1S/C26H22Cl2N2O4S/c1-2-24(34-25-9-5-7-17-6-3-4-8-21(17)25)26(31)29-19-11-13-20(14-12-19)35(32,33)30-23-15-10-18(27)16-22(23)28/h3-16,24,30H,2H2,1H3,(H,29,31)/t24-/m1/s1. The van der Waals surface area contributed by atoms with E-state index < -0.39 is 16.1 Å². The van der Waals surface area contributed by atoms with E-state index in [1.54, 1.807) is 0 Å². The Bertz CT molecular complexity index is 1470. The maximum absolute atomic E-state index is 12.9. The lowest BCUT2D eigenvalue weighted by molar-refractivity contribution is -0.122. The second-order valence-electron chi connectivity index (χ2n) is 7.74. The van der Waals surface area contributed by atoms with Crippen molar-refractivity contribution in [3.63, 3.8) is 0 Å². The number of fused-ring (bicyclic) bond motifs is 1. The third-order valence-corrected chi connectivity index (χ3v) is 7.22. The minimum absolute atomic E-state index is 0.0144. The van der Waals surface area contributed by atoms with Gasteiger partial charge in [0.15, 0.2) is 6.10 Å². The third kappa shape index (κ3) is 5.88. The van der Waals surface area contributed by atoms with Gasteiger partial charge in [0.1, 0.15) is 5.75 Å². The average molecular weight is 529 g/mol. The minimum atomic E-state index is -3.89. The molecular formula is C26H22Cl2N2O4S. The first kappa shape index (κ1) is 24.9. The van der Waals surface area contributed by atoms with Crippen molar-refractivity contribution in [2.24, 2.45) is 0 Å². The first-order chi connectivity index (χ1) is 16.8. The van der Waals surface area contributed by atoms with E-state index in [4.69, 9.17) is 27.9 Å². The molecule has 35 heavy (non-hydrogen) atoms.